The van der Waals surface area contributed by atoms with E-state index in [0.29, 0.717) is 5.84 Å². The first kappa shape index (κ1) is 15.7. The van der Waals surface area contributed by atoms with Crippen molar-refractivity contribution in [3.8, 4) is 11.1 Å². The van der Waals surface area contributed by atoms with Crippen LogP contribution in [0, 0.1) is 6.92 Å². The number of hydrogen-bond acceptors (Lipinski definition) is 6. The van der Waals surface area contributed by atoms with Gasteiger partial charge in [-0.3, -0.25) is 0 Å². The van der Waals surface area contributed by atoms with Crippen molar-refractivity contribution in [1.82, 2.24) is 9.97 Å². The first-order valence-corrected chi connectivity index (χ1v) is 8.80. The number of aromatic nitrogens is 2. The van der Waals surface area contributed by atoms with Gasteiger partial charge in [-0.25, -0.2) is 20.0 Å². The lowest BCUT2D eigenvalue weighted by Crippen LogP contribution is -2.21. The van der Waals surface area contributed by atoms with E-state index in [4.69, 9.17) is 15.7 Å². The zero-order chi connectivity index (χ0) is 17.4. The second-order valence-electron chi connectivity index (χ2n) is 6.02. The fourth-order valence-electron chi connectivity index (χ4n) is 3.00. The summed E-state index contributed by atoms with van der Waals surface area (Å²) in [5, 5.41) is 2.10. The van der Waals surface area contributed by atoms with Crippen LogP contribution in [0.2, 0.25) is 0 Å². The van der Waals surface area contributed by atoms with Gasteiger partial charge in [0.1, 0.15) is 12.2 Å². The summed E-state index contributed by atoms with van der Waals surface area (Å²) >= 11 is 1.69. The average Bonchev–Trinajstić information content (AvgIpc) is 3.20. The van der Waals surface area contributed by atoms with E-state index in [9.17, 15) is 0 Å². The number of nitrogens with two attached hydrogens (primary N) is 1. The molecule has 5 nitrogen and oxygen atoms in total. The summed E-state index contributed by atoms with van der Waals surface area (Å²) < 4.78 is 0. The Balaban J connectivity index is 1.91. The SMILES string of the molecule is CC1=NC(c2cccc(-c3cncnc3)c2)(c2csc(C)c2)N=C1N. The Bertz CT molecular complexity index is 970. The van der Waals surface area contributed by atoms with E-state index in [0.717, 1.165) is 28.0 Å². The van der Waals surface area contributed by atoms with Gasteiger partial charge in [0.05, 0.1) is 5.71 Å². The topological polar surface area (TPSA) is 76.5 Å². The molecule has 1 aliphatic rings. The van der Waals surface area contributed by atoms with Crippen LogP contribution >= 0.6 is 11.3 Å². The minimum absolute atomic E-state index is 0.484. The van der Waals surface area contributed by atoms with Gasteiger partial charge in [-0.2, -0.15) is 0 Å². The summed E-state index contributed by atoms with van der Waals surface area (Å²) in [4.78, 5) is 19.0. The molecular weight excluding hydrogens is 330 g/mol. The van der Waals surface area contributed by atoms with Crippen molar-refractivity contribution in [2.45, 2.75) is 19.5 Å². The van der Waals surface area contributed by atoms with Crippen LogP contribution in [0.1, 0.15) is 22.9 Å². The number of aryl methyl sites for hydroxylation is 1. The molecular formula is C19H17N5S. The van der Waals surface area contributed by atoms with Crippen LogP contribution in [0.3, 0.4) is 0 Å². The summed E-state index contributed by atoms with van der Waals surface area (Å²) in [6.07, 6.45) is 5.13. The molecule has 3 aromatic rings. The van der Waals surface area contributed by atoms with E-state index >= 15 is 0 Å². The molecule has 0 amide bonds. The van der Waals surface area contributed by atoms with E-state index in [-0.39, 0.29) is 0 Å². The number of aliphatic imine (C=N–C) groups is 2. The van der Waals surface area contributed by atoms with Crippen LogP contribution < -0.4 is 5.73 Å². The number of benzene rings is 1. The maximum absolute atomic E-state index is 6.09. The highest BCUT2D eigenvalue weighted by atomic mass is 32.1. The molecule has 0 aliphatic carbocycles. The first-order valence-electron chi connectivity index (χ1n) is 7.92. The van der Waals surface area contributed by atoms with E-state index in [1.54, 1.807) is 23.7 Å². The summed E-state index contributed by atoms with van der Waals surface area (Å²) in [5.74, 6) is 0.484. The third-order valence-corrected chi connectivity index (χ3v) is 5.14. The van der Waals surface area contributed by atoms with Crippen LogP contribution in [-0.2, 0) is 5.66 Å². The smallest absolute Gasteiger partial charge is 0.204 e. The van der Waals surface area contributed by atoms with Crippen molar-refractivity contribution < 1.29 is 0 Å². The van der Waals surface area contributed by atoms with Gasteiger partial charge in [0.2, 0.25) is 5.66 Å². The van der Waals surface area contributed by atoms with Crippen LogP contribution in [0.4, 0.5) is 0 Å². The summed E-state index contributed by atoms with van der Waals surface area (Å²) in [6.45, 7) is 3.98. The molecule has 3 heterocycles. The highest BCUT2D eigenvalue weighted by Gasteiger charge is 2.38. The van der Waals surface area contributed by atoms with Crippen molar-refractivity contribution in [2.75, 3.05) is 0 Å². The molecule has 0 bridgehead atoms. The number of rotatable bonds is 3. The Morgan fingerprint density at radius 1 is 0.960 bits per heavy atom. The largest absolute Gasteiger partial charge is 0.382 e. The predicted octanol–water partition coefficient (Wildman–Crippen LogP) is 3.55. The molecule has 1 atom stereocenters. The van der Waals surface area contributed by atoms with Crippen LogP contribution in [0.25, 0.3) is 11.1 Å². The van der Waals surface area contributed by atoms with Gasteiger partial charge < -0.3 is 5.73 Å². The van der Waals surface area contributed by atoms with Crippen molar-refractivity contribution in [2.24, 2.45) is 15.7 Å². The molecule has 1 aliphatic heterocycles. The molecule has 1 aromatic carbocycles. The molecule has 2 aromatic heterocycles. The third kappa shape index (κ3) is 2.64. The minimum Gasteiger partial charge on any atom is -0.382 e. The lowest BCUT2D eigenvalue weighted by atomic mass is 9.92. The van der Waals surface area contributed by atoms with Crippen molar-refractivity contribution in [3.63, 3.8) is 0 Å². The lowest BCUT2D eigenvalue weighted by molar-refractivity contribution is 0.590. The van der Waals surface area contributed by atoms with Crippen LogP contribution in [0.5, 0.6) is 0 Å². The Hall–Kier alpha value is -2.86. The van der Waals surface area contributed by atoms with Gasteiger partial charge in [-0.05, 0) is 36.9 Å². The molecule has 124 valence electrons. The molecule has 0 saturated carbocycles. The zero-order valence-electron chi connectivity index (χ0n) is 14.0. The van der Waals surface area contributed by atoms with Gasteiger partial charge in [-0.15, -0.1) is 11.3 Å². The Kier molecular flexibility index (Phi) is 3.69. The summed E-state index contributed by atoms with van der Waals surface area (Å²) in [5.41, 5.74) is 10.0. The number of hydrogen-bond donors (Lipinski definition) is 1. The van der Waals surface area contributed by atoms with E-state index in [1.165, 1.54) is 11.2 Å². The summed E-state index contributed by atoms with van der Waals surface area (Å²) in [6, 6.07) is 10.3. The van der Waals surface area contributed by atoms with Gasteiger partial charge in [0, 0.05) is 34.0 Å². The van der Waals surface area contributed by atoms with Gasteiger partial charge in [0.25, 0.3) is 0 Å². The second kappa shape index (κ2) is 5.89. The molecule has 2 N–H and O–H groups in total. The molecule has 0 spiro atoms. The molecule has 0 radical (unpaired) electrons. The monoisotopic (exact) mass is 347 g/mol. The molecule has 6 heteroatoms. The Morgan fingerprint density at radius 2 is 1.76 bits per heavy atom. The van der Waals surface area contributed by atoms with E-state index < -0.39 is 5.66 Å². The van der Waals surface area contributed by atoms with Crippen molar-refractivity contribution in [1.29, 1.82) is 0 Å². The highest BCUT2D eigenvalue weighted by molar-refractivity contribution is 7.10. The number of amidine groups is 1. The third-order valence-electron chi connectivity index (χ3n) is 4.27. The highest BCUT2D eigenvalue weighted by Crippen LogP contribution is 2.41. The molecule has 25 heavy (non-hydrogen) atoms. The molecule has 4 rings (SSSR count). The van der Waals surface area contributed by atoms with Crippen LogP contribution in [-0.4, -0.2) is 21.5 Å². The van der Waals surface area contributed by atoms with Crippen molar-refractivity contribution >= 4 is 22.9 Å². The molecule has 0 saturated heterocycles. The maximum atomic E-state index is 6.09. The zero-order valence-corrected chi connectivity index (χ0v) is 14.8. The fraction of sp³-hybridized carbons (Fsp3) is 0.158. The first-order chi connectivity index (χ1) is 12.1. The normalized spacial score (nSPS) is 19.6. The number of nitrogens with zero attached hydrogens (tertiary/aromatic N) is 4. The molecule has 1 unspecified atom stereocenters. The lowest BCUT2D eigenvalue weighted by Gasteiger charge is -2.23. The van der Waals surface area contributed by atoms with E-state index in [2.05, 4.69) is 34.4 Å². The average molecular weight is 347 g/mol. The minimum atomic E-state index is -0.815. The fourth-order valence-corrected chi connectivity index (χ4v) is 3.74. The predicted molar refractivity (Wildman–Crippen MR) is 102 cm³/mol. The molecule has 0 fully saturated rings. The van der Waals surface area contributed by atoms with E-state index in [1.807, 2.05) is 25.1 Å². The Morgan fingerprint density at radius 3 is 2.40 bits per heavy atom. The Labute approximate surface area is 150 Å². The standard InChI is InChI=1S/C19H17N5S/c1-12-6-17(10-25-12)19(23-13(2)18(20)24-19)16-5-3-4-14(7-16)15-8-21-11-22-9-15/h3-11H,1-2H3,(H2,20,24). The summed E-state index contributed by atoms with van der Waals surface area (Å²) in [7, 11) is 0. The van der Waals surface area contributed by atoms with Gasteiger partial charge >= 0.3 is 0 Å². The maximum Gasteiger partial charge on any atom is 0.204 e. The van der Waals surface area contributed by atoms with Gasteiger partial charge in [0.15, 0.2) is 0 Å². The quantitative estimate of drug-likeness (QED) is 0.787. The number of thiophene rings is 1. The van der Waals surface area contributed by atoms with Crippen LogP contribution in [0.15, 0.2) is 64.4 Å². The second-order valence-corrected chi connectivity index (χ2v) is 7.14. The van der Waals surface area contributed by atoms with Crippen molar-refractivity contribution in [3.05, 3.63) is 70.4 Å². The van der Waals surface area contributed by atoms with Gasteiger partial charge in [-0.1, -0.05) is 18.2 Å².